The molecule has 0 aliphatic carbocycles. The third kappa shape index (κ3) is 3.95. The minimum atomic E-state index is -0.157. The van der Waals surface area contributed by atoms with Gasteiger partial charge < -0.3 is 9.30 Å². The molecule has 4 heteroatoms. The van der Waals surface area contributed by atoms with Crippen molar-refractivity contribution in [1.29, 1.82) is 0 Å². The zero-order valence-electron chi connectivity index (χ0n) is 11.1. The standard InChI is InChI=1S/C15H18N2O2/c1-2-19-15(18)9-8-14-10-16-12-17(14)11-13-6-4-3-5-7-13/h3-7,10,12H,2,8-9,11H2,1H3. The van der Waals surface area contributed by atoms with Crippen molar-refractivity contribution in [2.24, 2.45) is 0 Å². The summed E-state index contributed by atoms with van der Waals surface area (Å²) in [6, 6.07) is 10.2. The number of aryl methyl sites for hydroxylation is 1. The van der Waals surface area contributed by atoms with Crippen LogP contribution in [0.15, 0.2) is 42.9 Å². The van der Waals surface area contributed by atoms with Crippen molar-refractivity contribution in [3.05, 3.63) is 54.1 Å². The maximum atomic E-state index is 11.4. The number of hydrogen-bond donors (Lipinski definition) is 0. The van der Waals surface area contributed by atoms with Crippen LogP contribution >= 0.6 is 0 Å². The van der Waals surface area contributed by atoms with Gasteiger partial charge in [0.05, 0.1) is 19.4 Å². The number of benzene rings is 1. The van der Waals surface area contributed by atoms with E-state index >= 15 is 0 Å². The van der Waals surface area contributed by atoms with Crippen LogP contribution in [0.3, 0.4) is 0 Å². The summed E-state index contributed by atoms with van der Waals surface area (Å²) in [5, 5.41) is 0. The fourth-order valence-electron chi connectivity index (χ4n) is 1.94. The summed E-state index contributed by atoms with van der Waals surface area (Å²) in [5.74, 6) is -0.157. The summed E-state index contributed by atoms with van der Waals surface area (Å²) in [7, 11) is 0. The number of carbonyl (C=O) groups excluding carboxylic acids is 1. The first-order valence-corrected chi connectivity index (χ1v) is 6.48. The number of rotatable bonds is 6. The van der Waals surface area contributed by atoms with Gasteiger partial charge in [-0.25, -0.2) is 4.98 Å². The zero-order chi connectivity index (χ0) is 13.5. The van der Waals surface area contributed by atoms with E-state index in [9.17, 15) is 4.79 Å². The highest BCUT2D eigenvalue weighted by molar-refractivity contribution is 5.69. The topological polar surface area (TPSA) is 44.1 Å². The Labute approximate surface area is 113 Å². The molecule has 2 aromatic rings. The second-order valence-electron chi connectivity index (χ2n) is 4.30. The van der Waals surface area contributed by atoms with Gasteiger partial charge in [-0.15, -0.1) is 0 Å². The summed E-state index contributed by atoms with van der Waals surface area (Å²) in [6.07, 6.45) is 4.66. The predicted molar refractivity (Wildman–Crippen MR) is 72.7 cm³/mol. The molecule has 0 saturated carbocycles. The highest BCUT2D eigenvalue weighted by Gasteiger charge is 2.07. The van der Waals surface area contributed by atoms with Crippen LogP contribution in [0.25, 0.3) is 0 Å². The van der Waals surface area contributed by atoms with E-state index in [1.54, 1.807) is 6.33 Å². The van der Waals surface area contributed by atoms with Gasteiger partial charge in [-0.05, 0) is 18.9 Å². The number of ether oxygens (including phenoxy) is 1. The Bertz CT molecular complexity index is 520. The van der Waals surface area contributed by atoms with E-state index in [-0.39, 0.29) is 5.97 Å². The zero-order valence-corrected chi connectivity index (χ0v) is 11.1. The van der Waals surface area contributed by atoms with Crippen molar-refractivity contribution < 1.29 is 9.53 Å². The van der Waals surface area contributed by atoms with Gasteiger partial charge in [0.2, 0.25) is 0 Å². The van der Waals surface area contributed by atoms with E-state index < -0.39 is 0 Å². The summed E-state index contributed by atoms with van der Waals surface area (Å²) < 4.78 is 6.99. The number of carbonyl (C=O) groups is 1. The molecule has 0 unspecified atom stereocenters. The molecule has 2 rings (SSSR count). The maximum Gasteiger partial charge on any atom is 0.306 e. The molecular formula is C15H18N2O2. The van der Waals surface area contributed by atoms with Gasteiger partial charge in [-0.3, -0.25) is 4.79 Å². The van der Waals surface area contributed by atoms with Crippen molar-refractivity contribution in [3.63, 3.8) is 0 Å². The van der Waals surface area contributed by atoms with Crippen LogP contribution in [0.1, 0.15) is 24.6 Å². The highest BCUT2D eigenvalue weighted by Crippen LogP contribution is 2.08. The first kappa shape index (κ1) is 13.3. The molecule has 1 aromatic carbocycles. The Kier molecular flexibility index (Phi) is 4.72. The summed E-state index contributed by atoms with van der Waals surface area (Å²) >= 11 is 0. The maximum absolute atomic E-state index is 11.4. The van der Waals surface area contributed by atoms with E-state index in [4.69, 9.17) is 4.74 Å². The average Bonchev–Trinajstić information content (AvgIpc) is 2.85. The van der Waals surface area contributed by atoms with Gasteiger partial charge in [0.1, 0.15) is 0 Å². The lowest BCUT2D eigenvalue weighted by molar-refractivity contribution is -0.143. The van der Waals surface area contributed by atoms with Crippen molar-refractivity contribution in [3.8, 4) is 0 Å². The normalized spacial score (nSPS) is 10.4. The van der Waals surface area contributed by atoms with E-state index in [0.717, 1.165) is 12.2 Å². The number of hydrogen-bond acceptors (Lipinski definition) is 3. The Balaban J connectivity index is 1.96. The predicted octanol–water partition coefficient (Wildman–Crippen LogP) is 2.43. The number of imidazole rings is 1. The van der Waals surface area contributed by atoms with Crippen molar-refractivity contribution >= 4 is 5.97 Å². The second kappa shape index (κ2) is 6.73. The smallest absolute Gasteiger partial charge is 0.306 e. The first-order chi connectivity index (χ1) is 9.29. The SMILES string of the molecule is CCOC(=O)CCc1cncn1Cc1ccccc1. The molecule has 0 spiro atoms. The fraction of sp³-hybridized carbons (Fsp3) is 0.333. The fourth-order valence-corrected chi connectivity index (χ4v) is 1.94. The van der Waals surface area contributed by atoms with E-state index in [1.165, 1.54) is 5.56 Å². The molecule has 0 atom stereocenters. The molecule has 0 N–H and O–H groups in total. The lowest BCUT2D eigenvalue weighted by Gasteiger charge is -2.08. The van der Waals surface area contributed by atoms with Gasteiger partial charge in [0.25, 0.3) is 0 Å². The van der Waals surface area contributed by atoms with Gasteiger partial charge in [0.15, 0.2) is 0 Å². The van der Waals surface area contributed by atoms with Crippen molar-refractivity contribution in [2.45, 2.75) is 26.3 Å². The molecule has 1 aromatic heterocycles. The second-order valence-corrected chi connectivity index (χ2v) is 4.30. The summed E-state index contributed by atoms with van der Waals surface area (Å²) in [6.45, 7) is 3.03. The van der Waals surface area contributed by atoms with Crippen LogP contribution in [0, 0.1) is 0 Å². The molecule has 4 nitrogen and oxygen atoms in total. The van der Waals surface area contributed by atoms with Crippen LogP contribution in [0.5, 0.6) is 0 Å². The molecule has 0 radical (unpaired) electrons. The highest BCUT2D eigenvalue weighted by atomic mass is 16.5. The Hall–Kier alpha value is -2.10. The molecule has 0 aliphatic rings. The first-order valence-electron chi connectivity index (χ1n) is 6.48. The third-order valence-corrected chi connectivity index (χ3v) is 2.88. The van der Waals surface area contributed by atoms with E-state index in [2.05, 4.69) is 21.7 Å². The van der Waals surface area contributed by atoms with E-state index in [0.29, 0.717) is 19.4 Å². The molecule has 0 fully saturated rings. The Morgan fingerprint density at radius 3 is 2.84 bits per heavy atom. The van der Waals surface area contributed by atoms with E-state index in [1.807, 2.05) is 31.3 Å². The van der Waals surface area contributed by atoms with Crippen molar-refractivity contribution in [1.82, 2.24) is 9.55 Å². The van der Waals surface area contributed by atoms with Gasteiger partial charge in [-0.2, -0.15) is 0 Å². The monoisotopic (exact) mass is 258 g/mol. The molecule has 0 bridgehead atoms. The number of nitrogens with zero attached hydrogens (tertiary/aromatic N) is 2. The Morgan fingerprint density at radius 1 is 1.32 bits per heavy atom. The number of esters is 1. The number of aromatic nitrogens is 2. The largest absolute Gasteiger partial charge is 0.466 e. The van der Waals surface area contributed by atoms with Crippen LogP contribution in [0.4, 0.5) is 0 Å². The van der Waals surface area contributed by atoms with Crippen LogP contribution in [-0.2, 0) is 22.5 Å². The van der Waals surface area contributed by atoms with Crippen molar-refractivity contribution in [2.75, 3.05) is 6.61 Å². The molecular weight excluding hydrogens is 240 g/mol. The average molecular weight is 258 g/mol. The summed E-state index contributed by atoms with van der Waals surface area (Å²) in [5.41, 5.74) is 2.27. The van der Waals surface area contributed by atoms with Gasteiger partial charge >= 0.3 is 5.97 Å². The lowest BCUT2D eigenvalue weighted by atomic mass is 10.2. The minimum absolute atomic E-state index is 0.157. The van der Waals surface area contributed by atoms with Gasteiger partial charge in [0, 0.05) is 18.4 Å². The molecule has 1 heterocycles. The lowest BCUT2D eigenvalue weighted by Crippen LogP contribution is -2.08. The van der Waals surface area contributed by atoms with Crippen LogP contribution in [-0.4, -0.2) is 22.1 Å². The van der Waals surface area contributed by atoms with Gasteiger partial charge in [-0.1, -0.05) is 30.3 Å². The Morgan fingerprint density at radius 2 is 2.11 bits per heavy atom. The van der Waals surface area contributed by atoms with Crippen LogP contribution < -0.4 is 0 Å². The van der Waals surface area contributed by atoms with Crippen LogP contribution in [0.2, 0.25) is 0 Å². The minimum Gasteiger partial charge on any atom is -0.466 e. The third-order valence-electron chi connectivity index (χ3n) is 2.88. The molecule has 100 valence electrons. The molecule has 19 heavy (non-hydrogen) atoms. The molecule has 0 aliphatic heterocycles. The quantitative estimate of drug-likeness (QED) is 0.747. The molecule has 0 amide bonds. The molecule has 0 saturated heterocycles. The summed E-state index contributed by atoms with van der Waals surface area (Å²) in [4.78, 5) is 15.5.